The van der Waals surface area contributed by atoms with Crippen LogP contribution in [0.5, 0.6) is 0 Å². The molecule has 3 aromatic rings. The topological polar surface area (TPSA) is 40.9 Å². The van der Waals surface area contributed by atoms with Gasteiger partial charge in [-0.25, -0.2) is 4.98 Å². The lowest BCUT2D eigenvalue weighted by atomic mass is 10.2. The molecule has 4 heteroatoms. The quantitative estimate of drug-likeness (QED) is 0.635. The number of pyridine rings is 1. The molecule has 0 radical (unpaired) electrons. The van der Waals surface area contributed by atoms with E-state index in [0.717, 1.165) is 27.8 Å². The number of aryl methyl sites for hydroxylation is 1. The standard InChI is InChI=1S/C18H18N4/c1-13-12-15(22(2)3)9-10-16(13)20-21-18-11-8-14-6-4-5-7-17(14)19-18/h4-12H,1-3H3. The van der Waals surface area contributed by atoms with Crippen LogP contribution >= 0.6 is 0 Å². The lowest BCUT2D eigenvalue weighted by Gasteiger charge is -2.13. The Hall–Kier alpha value is -2.75. The molecule has 4 nitrogen and oxygen atoms in total. The Morgan fingerprint density at radius 2 is 1.73 bits per heavy atom. The van der Waals surface area contributed by atoms with Crippen molar-refractivity contribution in [1.82, 2.24) is 4.98 Å². The highest BCUT2D eigenvalue weighted by Gasteiger charge is 2.01. The third-order valence-corrected chi connectivity index (χ3v) is 3.54. The fraction of sp³-hybridized carbons (Fsp3) is 0.167. The normalized spacial score (nSPS) is 11.2. The first kappa shape index (κ1) is 14.2. The molecule has 110 valence electrons. The van der Waals surface area contributed by atoms with Crippen LogP contribution in [0.15, 0.2) is 64.8 Å². The van der Waals surface area contributed by atoms with Gasteiger partial charge in [0.05, 0.1) is 11.2 Å². The van der Waals surface area contributed by atoms with Crippen LogP contribution in [0.25, 0.3) is 10.9 Å². The van der Waals surface area contributed by atoms with Gasteiger partial charge in [0.1, 0.15) is 0 Å². The van der Waals surface area contributed by atoms with Crippen LogP contribution in [0, 0.1) is 6.92 Å². The van der Waals surface area contributed by atoms with E-state index in [1.54, 1.807) is 0 Å². The fourth-order valence-corrected chi connectivity index (χ4v) is 2.25. The number of hydrogen-bond acceptors (Lipinski definition) is 4. The highest BCUT2D eigenvalue weighted by Crippen LogP contribution is 2.26. The Bertz CT molecular complexity index is 837. The van der Waals surface area contributed by atoms with Crippen LogP contribution in [0.4, 0.5) is 17.2 Å². The molecule has 1 heterocycles. The van der Waals surface area contributed by atoms with Crippen molar-refractivity contribution in [3.05, 3.63) is 60.2 Å². The molecule has 0 saturated heterocycles. The molecule has 0 aliphatic carbocycles. The van der Waals surface area contributed by atoms with Gasteiger partial charge in [-0.1, -0.05) is 18.2 Å². The number of rotatable bonds is 3. The Morgan fingerprint density at radius 3 is 2.50 bits per heavy atom. The number of anilines is 1. The molecule has 0 N–H and O–H groups in total. The molecule has 1 aromatic heterocycles. The lowest BCUT2D eigenvalue weighted by Crippen LogP contribution is -2.08. The summed E-state index contributed by atoms with van der Waals surface area (Å²) in [6, 6.07) is 18.0. The van der Waals surface area contributed by atoms with Gasteiger partial charge < -0.3 is 4.90 Å². The molecule has 0 bridgehead atoms. The number of hydrogen-bond donors (Lipinski definition) is 0. The van der Waals surface area contributed by atoms with Crippen molar-refractivity contribution >= 4 is 28.1 Å². The first-order chi connectivity index (χ1) is 10.6. The van der Waals surface area contributed by atoms with Crippen molar-refractivity contribution in [3.63, 3.8) is 0 Å². The highest BCUT2D eigenvalue weighted by molar-refractivity contribution is 5.79. The van der Waals surface area contributed by atoms with Crippen molar-refractivity contribution in [2.45, 2.75) is 6.92 Å². The first-order valence-corrected chi connectivity index (χ1v) is 7.19. The molecular formula is C18H18N4. The van der Waals surface area contributed by atoms with Gasteiger partial charge in [0.15, 0.2) is 5.82 Å². The van der Waals surface area contributed by atoms with Crippen molar-refractivity contribution in [2.24, 2.45) is 10.2 Å². The highest BCUT2D eigenvalue weighted by atomic mass is 15.1. The Labute approximate surface area is 130 Å². The summed E-state index contributed by atoms with van der Waals surface area (Å²) in [6.07, 6.45) is 0. The molecule has 0 aliphatic heterocycles. The van der Waals surface area contributed by atoms with Crippen LogP contribution in [0.3, 0.4) is 0 Å². The maximum absolute atomic E-state index is 4.50. The molecule has 0 unspecified atom stereocenters. The summed E-state index contributed by atoms with van der Waals surface area (Å²) < 4.78 is 0. The van der Waals surface area contributed by atoms with Gasteiger partial charge in [-0.3, -0.25) is 0 Å². The number of azo groups is 1. The molecule has 0 fully saturated rings. The van der Waals surface area contributed by atoms with Crippen molar-refractivity contribution in [1.29, 1.82) is 0 Å². The van der Waals surface area contributed by atoms with Gasteiger partial charge in [-0.2, -0.15) is 0 Å². The van der Waals surface area contributed by atoms with Gasteiger partial charge in [0, 0.05) is 25.2 Å². The molecule has 3 rings (SSSR count). The van der Waals surface area contributed by atoms with Gasteiger partial charge in [0.2, 0.25) is 0 Å². The van der Waals surface area contributed by atoms with Gasteiger partial charge in [-0.15, -0.1) is 10.2 Å². The van der Waals surface area contributed by atoms with Crippen molar-refractivity contribution < 1.29 is 0 Å². The van der Waals surface area contributed by atoms with Crippen LogP contribution < -0.4 is 4.90 Å². The molecular weight excluding hydrogens is 272 g/mol. The largest absolute Gasteiger partial charge is 0.378 e. The average Bonchev–Trinajstić information content (AvgIpc) is 2.53. The van der Waals surface area contributed by atoms with Gasteiger partial charge in [0.25, 0.3) is 0 Å². The van der Waals surface area contributed by atoms with Gasteiger partial charge >= 0.3 is 0 Å². The SMILES string of the molecule is Cc1cc(N(C)C)ccc1N=Nc1ccc2ccccc2n1. The molecule has 22 heavy (non-hydrogen) atoms. The number of nitrogens with zero attached hydrogens (tertiary/aromatic N) is 4. The third kappa shape index (κ3) is 2.96. The summed E-state index contributed by atoms with van der Waals surface area (Å²) in [5.74, 6) is 0.620. The average molecular weight is 290 g/mol. The zero-order valence-corrected chi connectivity index (χ0v) is 13.0. The van der Waals surface area contributed by atoms with E-state index in [2.05, 4.69) is 26.2 Å². The van der Waals surface area contributed by atoms with E-state index < -0.39 is 0 Å². The van der Waals surface area contributed by atoms with Crippen LogP contribution in [0.2, 0.25) is 0 Å². The minimum absolute atomic E-state index is 0.620. The Morgan fingerprint density at radius 1 is 0.909 bits per heavy atom. The summed E-state index contributed by atoms with van der Waals surface area (Å²) >= 11 is 0. The predicted octanol–water partition coefficient (Wildman–Crippen LogP) is 5.02. The molecule has 0 amide bonds. The summed E-state index contributed by atoms with van der Waals surface area (Å²) in [7, 11) is 4.05. The summed E-state index contributed by atoms with van der Waals surface area (Å²) in [4.78, 5) is 6.57. The molecule has 0 aliphatic rings. The molecule has 0 spiro atoms. The van der Waals surface area contributed by atoms with Crippen LogP contribution in [-0.4, -0.2) is 19.1 Å². The molecule has 2 aromatic carbocycles. The minimum atomic E-state index is 0.620. The monoisotopic (exact) mass is 290 g/mol. The Kier molecular flexibility index (Phi) is 3.83. The second-order valence-corrected chi connectivity index (χ2v) is 5.43. The second-order valence-electron chi connectivity index (χ2n) is 5.43. The van der Waals surface area contributed by atoms with E-state index in [0.29, 0.717) is 5.82 Å². The zero-order valence-electron chi connectivity index (χ0n) is 13.0. The number of aromatic nitrogens is 1. The minimum Gasteiger partial charge on any atom is -0.378 e. The maximum Gasteiger partial charge on any atom is 0.174 e. The van der Waals surface area contributed by atoms with Crippen LogP contribution in [-0.2, 0) is 0 Å². The van der Waals surface area contributed by atoms with E-state index in [1.807, 2.05) is 69.6 Å². The smallest absolute Gasteiger partial charge is 0.174 e. The Balaban J connectivity index is 1.89. The van der Waals surface area contributed by atoms with E-state index >= 15 is 0 Å². The number of benzene rings is 2. The third-order valence-electron chi connectivity index (χ3n) is 3.54. The molecule has 0 atom stereocenters. The van der Waals surface area contributed by atoms with E-state index in [9.17, 15) is 0 Å². The number of para-hydroxylation sites is 1. The fourth-order valence-electron chi connectivity index (χ4n) is 2.25. The van der Waals surface area contributed by atoms with Crippen LogP contribution in [0.1, 0.15) is 5.56 Å². The summed E-state index contributed by atoms with van der Waals surface area (Å²) in [6.45, 7) is 2.04. The van der Waals surface area contributed by atoms with Crippen molar-refractivity contribution in [2.75, 3.05) is 19.0 Å². The zero-order chi connectivity index (χ0) is 15.5. The first-order valence-electron chi connectivity index (χ1n) is 7.19. The van der Waals surface area contributed by atoms with Gasteiger partial charge in [-0.05, 0) is 48.9 Å². The molecule has 0 saturated carbocycles. The van der Waals surface area contributed by atoms with Crippen molar-refractivity contribution in [3.8, 4) is 0 Å². The predicted molar refractivity (Wildman–Crippen MR) is 91.4 cm³/mol. The lowest BCUT2D eigenvalue weighted by molar-refractivity contribution is 1.12. The van der Waals surface area contributed by atoms with E-state index in [-0.39, 0.29) is 0 Å². The maximum atomic E-state index is 4.50. The second kappa shape index (κ2) is 5.93. The van der Waals surface area contributed by atoms with E-state index in [1.165, 1.54) is 0 Å². The summed E-state index contributed by atoms with van der Waals surface area (Å²) in [5, 5.41) is 9.69. The summed E-state index contributed by atoms with van der Waals surface area (Å²) in [5.41, 5.74) is 4.04. The van der Waals surface area contributed by atoms with E-state index in [4.69, 9.17) is 0 Å². The number of fused-ring (bicyclic) bond motifs is 1.